The van der Waals surface area contributed by atoms with E-state index in [-0.39, 0.29) is 5.71 Å². The van der Waals surface area contributed by atoms with Crippen LogP contribution in [0.2, 0.25) is 0 Å². The molecule has 3 N–H and O–H groups in total. The fourth-order valence-corrected chi connectivity index (χ4v) is 0.999. The van der Waals surface area contributed by atoms with Crippen LogP contribution in [0.1, 0.15) is 11.1 Å². The van der Waals surface area contributed by atoms with Crippen LogP contribution < -0.4 is 5.48 Å². The molecule has 0 atom stereocenters. The van der Waals surface area contributed by atoms with Gasteiger partial charge in [0, 0.05) is 5.56 Å². The number of nitrogens with one attached hydrogen (secondary N) is 1. The summed E-state index contributed by atoms with van der Waals surface area (Å²) in [5.41, 5.74) is 2.63. The van der Waals surface area contributed by atoms with Gasteiger partial charge < -0.3 is 5.21 Å². The Morgan fingerprint density at radius 3 is 2.36 bits per heavy atom. The van der Waals surface area contributed by atoms with Gasteiger partial charge >= 0.3 is 0 Å². The molecular weight excluding hydrogens is 184 g/mol. The van der Waals surface area contributed by atoms with Crippen molar-refractivity contribution in [3.63, 3.8) is 0 Å². The number of carbonyl (C=O) groups is 1. The Bertz CT molecular complexity index is 357. The third-order valence-electron chi connectivity index (χ3n) is 1.74. The lowest BCUT2D eigenvalue weighted by Gasteiger charge is -2.02. The fourth-order valence-electron chi connectivity index (χ4n) is 0.999. The van der Waals surface area contributed by atoms with Gasteiger partial charge in [-0.2, -0.15) is 0 Å². The first-order valence-corrected chi connectivity index (χ1v) is 3.92. The molecule has 1 aromatic carbocycles. The molecule has 0 spiro atoms. The van der Waals surface area contributed by atoms with Crippen LogP contribution in [0.4, 0.5) is 0 Å². The number of hydrogen-bond donors (Lipinski definition) is 3. The van der Waals surface area contributed by atoms with Crippen LogP contribution in [-0.2, 0) is 4.79 Å². The summed E-state index contributed by atoms with van der Waals surface area (Å²) in [5, 5.41) is 19.7. The fraction of sp³-hybridized carbons (Fsp3) is 0.111. The molecule has 0 unspecified atom stereocenters. The number of hydrogen-bond acceptors (Lipinski definition) is 4. The molecule has 0 aromatic heterocycles. The number of hydroxylamine groups is 1. The van der Waals surface area contributed by atoms with E-state index in [1.54, 1.807) is 24.3 Å². The van der Waals surface area contributed by atoms with Crippen molar-refractivity contribution in [3.05, 3.63) is 35.4 Å². The van der Waals surface area contributed by atoms with Crippen molar-refractivity contribution in [1.82, 2.24) is 5.48 Å². The summed E-state index contributed by atoms with van der Waals surface area (Å²) in [4.78, 5) is 11.0. The number of aryl methyl sites for hydroxylation is 1. The molecule has 14 heavy (non-hydrogen) atoms. The molecule has 0 aliphatic carbocycles. The molecule has 5 nitrogen and oxygen atoms in total. The summed E-state index contributed by atoms with van der Waals surface area (Å²) < 4.78 is 0. The van der Waals surface area contributed by atoms with Gasteiger partial charge in [0.2, 0.25) is 0 Å². The zero-order chi connectivity index (χ0) is 10.6. The van der Waals surface area contributed by atoms with Crippen molar-refractivity contribution in [2.24, 2.45) is 5.16 Å². The molecule has 0 radical (unpaired) electrons. The Labute approximate surface area is 80.6 Å². The number of nitrogens with zero attached hydrogens (tertiary/aromatic N) is 1. The van der Waals surface area contributed by atoms with Crippen LogP contribution in [0.25, 0.3) is 0 Å². The maximum Gasteiger partial charge on any atom is 0.297 e. The minimum Gasteiger partial charge on any atom is -0.410 e. The van der Waals surface area contributed by atoms with Crippen molar-refractivity contribution in [3.8, 4) is 0 Å². The Morgan fingerprint density at radius 1 is 1.36 bits per heavy atom. The molecule has 0 aliphatic rings. The van der Waals surface area contributed by atoms with Crippen LogP contribution in [-0.4, -0.2) is 22.0 Å². The summed E-state index contributed by atoms with van der Waals surface area (Å²) in [6.45, 7) is 1.89. The second-order valence-corrected chi connectivity index (χ2v) is 2.76. The third kappa shape index (κ3) is 2.08. The van der Waals surface area contributed by atoms with E-state index in [0.717, 1.165) is 5.56 Å². The molecule has 1 aromatic rings. The minimum atomic E-state index is -0.851. The first kappa shape index (κ1) is 10.2. The number of benzene rings is 1. The van der Waals surface area contributed by atoms with Crippen LogP contribution in [0, 0.1) is 6.92 Å². The quantitative estimate of drug-likeness (QED) is 0.280. The van der Waals surface area contributed by atoms with Gasteiger partial charge in [0.05, 0.1) is 0 Å². The first-order valence-electron chi connectivity index (χ1n) is 3.92. The third-order valence-corrected chi connectivity index (χ3v) is 1.74. The smallest absolute Gasteiger partial charge is 0.297 e. The summed E-state index contributed by atoms with van der Waals surface area (Å²) in [5.74, 6) is -0.851. The average molecular weight is 194 g/mol. The Kier molecular flexibility index (Phi) is 3.19. The Morgan fingerprint density at radius 2 is 1.93 bits per heavy atom. The molecule has 1 amide bonds. The minimum absolute atomic E-state index is 0.229. The van der Waals surface area contributed by atoms with Crippen molar-refractivity contribution >= 4 is 11.6 Å². The Balaban J connectivity index is 3.03. The highest BCUT2D eigenvalue weighted by Crippen LogP contribution is 2.04. The standard InChI is InChI=1S/C9H10N2O3/c1-6-2-4-7(5-3-6)8(10-13)9(12)11-14/h2-5,13-14H,1H3,(H,11,12). The second-order valence-electron chi connectivity index (χ2n) is 2.76. The van der Waals surface area contributed by atoms with Crippen LogP contribution in [0.5, 0.6) is 0 Å². The lowest BCUT2D eigenvalue weighted by Crippen LogP contribution is -2.28. The van der Waals surface area contributed by atoms with Gasteiger partial charge in [0.1, 0.15) is 0 Å². The number of rotatable bonds is 2. The number of amides is 1. The predicted octanol–water partition coefficient (Wildman–Crippen LogP) is 0.679. The topological polar surface area (TPSA) is 81.9 Å². The Hall–Kier alpha value is -1.88. The van der Waals surface area contributed by atoms with E-state index in [0.29, 0.717) is 5.56 Å². The van der Waals surface area contributed by atoms with Gasteiger partial charge in [-0.3, -0.25) is 10.0 Å². The molecule has 0 saturated heterocycles. The van der Waals surface area contributed by atoms with Gasteiger partial charge in [-0.25, -0.2) is 5.48 Å². The second kappa shape index (κ2) is 4.38. The van der Waals surface area contributed by atoms with E-state index in [4.69, 9.17) is 10.4 Å². The highest BCUT2D eigenvalue weighted by atomic mass is 16.5. The zero-order valence-corrected chi connectivity index (χ0v) is 7.56. The van der Waals surface area contributed by atoms with Crippen molar-refractivity contribution < 1.29 is 15.2 Å². The normalized spacial score (nSPS) is 11.1. The average Bonchev–Trinajstić information content (AvgIpc) is 2.21. The summed E-state index contributed by atoms with van der Waals surface area (Å²) >= 11 is 0. The lowest BCUT2D eigenvalue weighted by atomic mass is 10.1. The van der Waals surface area contributed by atoms with Crippen LogP contribution >= 0.6 is 0 Å². The van der Waals surface area contributed by atoms with E-state index < -0.39 is 5.91 Å². The van der Waals surface area contributed by atoms with E-state index in [9.17, 15) is 4.79 Å². The molecule has 0 bridgehead atoms. The SMILES string of the molecule is Cc1ccc(C(=NO)C(=O)NO)cc1. The van der Waals surface area contributed by atoms with Gasteiger partial charge in [-0.1, -0.05) is 35.0 Å². The highest BCUT2D eigenvalue weighted by molar-refractivity contribution is 6.44. The zero-order valence-electron chi connectivity index (χ0n) is 7.56. The van der Waals surface area contributed by atoms with E-state index in [2.05, 4.69) is 5.16 Å². The predicted molar refractivity (Wildman–Crippen MR) is 49.4 cm³/mol. The number of oxime groups is 1. The monoisotopic (exact) mass is 194 g/mol. The first-order chi connectivity index (χ1) is 6.69. The van der Waals surface area contributed by atoms with Gasteiger partial charge in [0.25, 0.3) is 5.91 Å². The van der Waals surface area contributed by atoms with Crippen molar-refractivity contribution in [2.45, 2.75) is 6.92 Å². The largest absolute Gasteiger partial charge is 0.410 e. The van der Waals surface area contributed by atoms with Gasteiger partial charge in [-0.15, -0.1) is 0 Å². The van der Waals surface area contributed by atoms with Gasteiger partial charge in [-0.05, 0) is 6.92 Å². The maximum absolute atomic E-state index is 11.0. The molecule has 0 heterocycles. The lowest BCUT2D eigenvalue weighted by molar-refractivity contribution is -0.122. The summed E-state index contributed by atoms with van der Waals surface area (Å²) in [6.07, 6.45) is 0. The highest BCUT2D eigenvalue weighted by Gasteiger charge is 2.13. The van der Waals surface area contributed by atoms with Gasteiger partial charge in [0.15, 0.2) is 5.71 Å². The molecule has 0 fully saturated rings. The molecule has 74 valence electrons. The summed E-state index contributed by atoms with van der Waals surface area (Å²) in [7, 11) is 0. The molecule has 0 saturated carbocycles. The van der Waals surface area contributed by atoms with Crippen LogP contribution in [0.3, 0.4) is 0 Å². The van der Waals surface area contributed by atoms with Crippen molar-refractivity contribution in [2.75, 3.05) is 0 Å². The van der Waals surface area contributed by atoms with Crippen LogP contribution in [0.15, 0.2) is 29.4 Å². The van der Waals surface area contributed by atoms with E-state index >= 15 is 0 Å². The summed E-state index contributed by atoms with van der Waals surface area (Å²) in [6, 6.07) is 6.79. The molecule has 1 rings (SSSR count). The van der Waals surface area contributed by atoms with E-state index in [1.807, 2.05) is 6.92 Å². The molecule has 5 heteroatoms. The van der Waals surface area contributed by atoms with Crippen molar-refractivity contribution in [1.29, 1.82) is 0 Å². The molecule has 0 aliphatic heterocycles. The van der Waals surface area contributed by atoms with E-state index in [1.165, 1.54) is 5.48 Å². The number of carbonyl (C=O) groups excluding carboxylic acids is 1. The maximum atomic E-state index is 11.0. The molecular formula is C9H10N2O3.